The number of aromatic nitrogens is 1. The van der Waals surface area contributed by atoms with Gasteiger partial charge in [-0.3, -0.25) is 4.98 Å². The van der Waals surface area contributed by atoms with Crippen molar-refractivity contribution < 1.29 is 9.50 Å². The Labute approximate surface area is 86.7 Å². The second-order valence-corrected chi connectivity index (χ2v) is 3.20. The van der Waals surface area contributed by atoms with Crippen LogP contribution in [0.25, 0.3) is 10.9 Å². The molecule has 0 amide bonds. The van der Waals surface area contributed by atoms with E-state index in [1.807, 2.05) is 24.3 Å². The molecule has 2 nitrogen and oxygen atoms in total. The monoisotopic (exact) mass is 203 g/mol. The maximum atomic E-state index is 13.4. The fourth-order valence-electron chi connectivity index (χ4n) is 1.43. The van der Waals surface area contributed by atoms with Gasteiger partial charge in [-0.25, -0.2) is 4.39 Å². The number of fused-ring (bicyclic) bond motifs is 1. The highest BCUT2D eigenvalue weighted by Crippen LogP contribution is 2.21. The molecular weight excluding hydrogens is 193 g/mol. The maximum Gasteiger partial charge on any atom is 0.148 e. The highest BCUT2D eigenvalue weighted by molar-refractivity contribution is 5.78. The summed E-state index contributed by atoms with van der Waals surface area (Å²) in [6.07, 6.45) is 1.95. The van der Waals surface area contributed by atoms with E-state index in [-0.39, 0.29) is 0 Å². The molecule has 1 N–H and O–H groups in total. The molecule has 0 bridgehead atoms. The van der Waals surface area contributed by atoms with Gasteiger partial charge in [0, 0.05) is 17.1 Å². The number of aliphatic hydroxyl groups excluding tert-OH is 1. The third-order valence-corrected chi connectivity index (χ3v) is 2.19. The summed E-state index contributed by atoms with van der Waals surface area (Å²) in [5, 5.41) is 9.36. The quantitative estimate of drug-likeness (QED) is 0.759. The van der Waals surface area contributed by atoms with Gasteiger partial charge >= 0.3 is 0 Å². The van der Waals surface area contributed by atoms with Crippen molar-refractivity contribution >= 4 is 10.9 Å². The Hall–Kier alpha value is -1.90. The lowest BCUT2D eigenvalue weighted by atomic mass is 10.1. The van der Waals surface area contributed by atoms with Crippen LogP contribution in [0.4, 0.5) is 4.39 Å². The summed E-state index contributed by atoms with van der Waals surface area (Å²) in [5.74, 6) is 0. The van der Waals surface area contributed by atoms with E-state index in [9.17, 15) is 4.39 Å². The Morgan fingerprint density at radius 1 is 1.33 bits per heavy atom. The number of pyridine rings is 1. The summed E-state index contributed by atoms with van der Waals surface area (Å²) in [5.41, 5.74) is 1.28. The van der Waals surface area contributed by atoms with Crippen LogP contribution in [-0.4, -0.2) is 10.1 Å². The first kappa shape index (κ1) is 9.65. The van der Waals surface area contributed by atoms with Gasteiger partial charge in [-0.15, -0.1) is 0 Å². The standard InChI is InChI=1S/C12H10FNO/c13-11(5-6-15)10-7-9-3-1-2-4-12(9)14-8-10/h1-8,11,15H/b6-5-. The van der Waals surface area contributed by atoms with Gasteiger partial charge in [0.25, 0.3) is 0 Å². The zero-order valence-corrected chi connectivity index (χ0v) is 7.97. The van der Waals surface area contributed by atoms with E-state index in [1.54, 1.807) is 6.07 Å². The molecule has 76 valence electrons. The fourth-order valence-corrected chi connectivity index (χ4v) is 1.43. The minimum absolute atomic E-state index is 0.444. The molecule has 0 aliphatic carbocycles. The first-order valence-electron chi connectivity index (χ1n) is 4.61. The Morgan fingerprint density at radius 3 is 2.93 bits per heavy atom. The molecule has 0 radical (unpaired) electrons. The smallest absolute Gasteiger partial charge is 0.148 e. The van der Waals surface area contributed by atoms with E-state index in [4.69, 9.17) is 5.11 Å². The number of para-hydroxylation sites is 1. The van der Waals surface area contributed by atoms with E-state index >= 15 is 0 Å². The SMILES string of the molecule is O/C=C\C(F)c1cnc2ccccc2c1. The molecule has 0 fully saturated rings. The third kappa shape index (κ3) is 1.96. The van der Waals surface area contributed by atoms with Crippen molar-refractivity contribution in [3.8, 4) is 0 Å². The molecule has 15 heavy (non-hydrogen) atoms. The van der Waals surface area contributed by atoms with Crippen LogP contribution in [0.1, 0.15) is 11.7 Å². The normalized spacial score (nSPS) is 13.4. The van der Waals surface area contributed by atoms with Crippen molar-refractivity contribution in [2.24, 2.45) is 0 Å². The van der Waals surface area contributed by atoms with Crippen LogP contribution in [-0.2, 0) is 0 Å². The molecule has 1 atom stereocenters. The van der Waals surface area contributed by atoms with Crippen molar-refractivity contribution in [3.05, 3.63) is 54.4 Å². The van der Waals surface area contributed by atoms with E-state index in [2.05, 4.69) is 4.98 Å². The van der Waals surface area contributed by atoms with Gasteiger partial charge in [-0.1, -0.05) is 18.2 Å². The molecule has 3 heteroatoms. The Morgan fingerprint density at radius 2 is 2.13 bits per heavy atom. The molecule has 0 saturated heterocycles. The number of aliphatic hydroxyl groups is 1. The fraction of sp³-hybridized carbons (Fsp3) is 0.0833. The summed E-state index contributed by atoms with van der Waals surface area (Å²) in [6, 6.07) is 9.24. The average Bonchev–Trinajstić information content (AvgIpc) is 2.29. The summed E-state index contributed by atoms with van der Waals surface area (Å²) in [7, 11) is 0. The molecule has 1 aromatic heterocycles. The van der Waals surface area contributed by atoms with Crippen molar-refractivity contribution in [2.75, 3.05) is 0 Å². The van der Waals surface area contributed by atoms with Gasteiger partial charge in [0.1, 0.15) is 6.17 Å². The van der Waals surface area contributed by atoms with Gasteiger partial charge in [0.2, 0.25) is 0 Å². The summed E-state index contributed by atoms with van der Waals surface area (Å²) in [6.45, 7) is 0. The zero-order chi connectivity index (χ0) is 10.7. The molecule has 1 unspecified atom stereocenters. The van der Waals surface area contributed by atoms with Gasteiger partial charge in [-0.05, 0) is 18.2 Å². The van der Waals surface area contributed by atoms with E-state index in [0.717, 1.165) is 17.0 Å². The lowest BCUT2D eigenvalue weighted by Crippen LogP contribution is -1.89. The van der Waals surface area contributed by atoms with Gasteiger partial charge < -0.3 is 5.11 Å². The maximum absolute atomic E-state index is 13.4. The topological polar surface area (TPSA) is 33.1 Å². The van der Waals surface area contributed by atoms with Crippen LogP contribution >= 0.6 is 0 Å². The van der Waals surface area contributed by atoms with Crippen LogP contribution in [0, 0.1) is 0 Å². The molecule has 1 aromatic carbocycles. The van der Waals surface area contributed by atoms with Crippen molar-refractivity contribution in [3.63, 3.8) is 0 Å². The Kier molecular flexibility index (Phi) is 2.63. The average molecular weight is 203 g/mol. The van der Waals surface area contributed by atoms with Gasteiger partial charge in [0.05, 0.1) is 11.8 Å². The number of hydrogen-bond donors (Lipinski definition) is 1. The van der Waals surface area contributed by atoms with E-state index in [1.165, 1.54) is 6.20 Å². The molecule has 0 spiro atoms. The van der Waals surface area contributed by atoms with Gasteiger partial charge in [-0.2, -0.15) is 0 Å². The first-order chi connectivity index (χ1) is 7.31. The minimum Gasteiger partial charge on any atom is -0.516 e. The zero-order valence-electron chi connectivity index (χ0n) is 7.97. The number of hydrogen-bond acceptors (Lipinski definition) is 2. The number of rotatable bonds is 2. The summed E-state index contributed by atoms with van der Waals surface area (Å²) in [4.78, 5) is 4.13. The predicted molar refractivity (Wildman–Crippen MR) is 57.4 cm³/mol. The molecular formula is C12H10FNO. The highest BCUT2D eigenvalue weighted by atomic mass is 19.1. The molecule has 1 heterocycles. The summed E-state index contributed by atoms with van der Waals surface area (Å²) >= 11 is 0. The van der Waals surface area contributed by atoms with Crippen LogP contribution in [0.5, 0.6) is 0 Å². The first-order valence-corrected chi connectivity index (χ1v) is 4.61. The largest absolute Gasteiger partial charge is 0.516 e. The molecule has 0 aliphatic rings. The Bertz CT molecular complexity index is 496. The Balaban J connectivity index is 2.46. The second-order valence-electron chi connectivity index (χ2n) is 3.20. The number of halogens is 1. The number of benzene rings is 1. The van der Waals surface area contributed by atoms with Crippen molar-refractivity contribution in [2.45, 2.75) is 6.17 Å². The number of alkyl halides is 1. The van der Waals surface area contributed by atoms with Crippen LogP contribution < -0.4 is 0 Å². The lowest BCUT2D eigenvalue weighted by molar-refractivity contribution is 0.395. The van der Waals surface area contributed by atoms with Gasteiger partial charge in [0.15, 0.2) is 0 Å². The minimum atomic E-state index is -1.31. The van der Waals surface area contributed by atoms with E-state index in [0.29, 0.717) is 11.8 Å². The van der Waals surface area contributed by atoms with E-state index < -0.39 is 6.17 Å². The van der Waals surface area contributed by atoms with Crippen molar-refractivity contribution in [1.82, 2.24) is 4.98 Å². The lowest BCUT2D eigenvalue weighted by Gasteiger charge is -2.03. The van der Waals surface area contributed by atoms with Crippen LogP contribution in [0.3, 0.4) is 0 Å². The number of nitrogens with zero attached hydrogens (tertiary/aromatic N) is 1. The molecule has 2 aromatic rings. The third-order valence-electron chi connectivity index (χ3n) is 2.19. The second kappa shape index (κ2) is 4.09. The molecule has 0 aliphatic heterocycles. The van der Waals surface area contributed by atoms with Crippen LogP contribution in [0.15, 0.2) is 48.9 Å². The van der Waals surface area contributed by atoms with Crippen LogP contribution in [0.2, 0.25) is 0 Å². The highest BCUT2D eigenvalue weighted by Gasteiger charge is 2.06. The predicted octanol–water partition coefficient (Wildman–Crippen LogP) is 3.32. The molecule has 2 rings (SSSR count). The van der Waals surface area contributed by atoms with Crippen molar-refractivity contribution in [1.29, 1.82) is 0 Å². The summed E-state index contributed by atoms with van der Waals surface area (Å²) < 4.78 is 13.4. The molecule has 0 saturated carbocycles. The number of allylic oxidation sites excluding steroid dienone is 1.